The lowest BCUT2D eigenvalue weighted by molar-refractivity contribution is 0.419. The lowest BCUT2D eigenvalue weighted by Gasteiger charge is -2.13. The van der Waals surface area contributed by atoms with Gasteiger partial charge in [0.25, 0.3) is 0 Å². The molecule has 1 aromatic heterocycles. The highest BCUT2D eigenvalue weighted by Gasteiger charge is 2.11. The van der Waals surface area contributed by atoms with Gasteiger partial charge in [-0.2, -0.15) is 0 Å². The molecular weight excluding hydrogens is 304 g/mol. The van der Waals surface area contributed by atoms with Crippen LogP contribution in [0.3, 0.4) is 0 Å². The van der Waals surface area contributed by atoms with Crippen molar-refractivity contribution in [1.82, 2.24) is 4.98 Å². The van der Waals surface area contributed by atoms with Gasteiger partial charge in [0.15, 0.2) is 0 Å². The van der Waals surface area contributed by atoms with Crippen LogP contribution >= 0.6 is 15.9 Å². The van der Waals surface area contributed by atoms with E-state index in [2.05, 4.69) is 41.2 Å². The zero-order valence-electron chi connectivity index (χ0n) is 11.6. The third kappa shape index (κ3) is 2.84. The van der Waals surface area contributed by atoms with Gasteiger partial charge in [-0.25, -0.2) is 4.98 Å². The lowest BCUT2D eigenvalue weighted by atomic mass is 10.1. The first kappa shape index (κ1) is 14.1. The molecule has 0 saturated carbocycles. The van der Waals surface area contributed by atoms with Crippen LogP contribution in [0.4, 0.5) is 5.82 Å². The van der Waals surface area contributed by atoms with Gasteiger partial charge < -0.3 is 10.1 Å². The number of aryl methyl sites for hydroxylation is 1. The number of aromatic nitrogens is 1. The van der Waals surface area contributed by atoms with Crippen LogP contribution < -0.4 is 10.1 Å². The molecule has 1 N–H and O–H groups in total. The minimum Gasteiger partial charge on any atom is -0.494 e. The van der Waals surface area contributed by atoms with Gasteiger partial charge in [0.1, 0.15) is 17.1 Å². The monoisotopic (exact) mass is 322 g/mol. The fraction of sp³-hybridized carbons (Fsp3) is 0.400. The van der Waals surface area contributed by atoms with E-state index in [1.54, 1.807) is 7.11 Å². The van der Waals surface area contributed by atoms with Crippen molar-refractivity contribution in [2.75, 3.05) is 19.0 Å². The Hall–Kier alpha value is -1.29. The summed E-state index contributed by atoms with van der Waals surface area (Å²) < 4.78 is 6.46. The Labute approximate surface area is 122 Å². The molecule has 102 valence electrons. The number of fused-ring (bicyclic) bond motifs is 1. The molecule has 0 unspecified atom stereocenters. The van der Waals surface area contributed by atoms with Gasteiger partial charge in [-0.3, -0.25) is 0 Å². The maximum Gasteiger partial charge on any atom is 0.145 e. The molecule has 0 aliphatic carbocycles. The Kier molecular flexibility index (Phi) is 4.64. The first-order valence-corrected chi connectivity index (χ1v) is 7.40. The van der Waals surface area contributed by atoms with E-state index in [1.165, 1.54) is 5.56 Å². The smallest absolute Gasteiger partial charge is 0.145 e. The van der Waals surface area contributed by atoms with Crippen LogP contribution in [0, 0.1) is 0 Å². The fourth-order valence-corrected chi connectivity index (χ4v) is 2.62. The Morgan fingerprint density at radius 1 is 1.32 bits per heavy atom. The molecule has 0 fully saturated rings. The van der Waals surface area contributed by atoms with Crippen molar-refractivity contribution in [3.63, 3.8) is 0 Å². The first-order chi connectivity index (χ1) is 9.21. The Balaban J connectivity index is 2.68. The molecule has 0 amide bonds. The van der Waals surface area contributed by atoms with E-state index in [0.717, 1.165) is 46.3 Å². The van der Waals surface area contributed by atoms with E-state index in [-0.39, 0.29) is 0 Å². The van der Waals surface area contributed by atoms with Crippen LogP contribution in [0.2, 0.25) is 0 Å². The Morgan fingerprint density at radius 3 is 2.74 bits per heavy atom. The summed E-state index contributed by atoms with van der Waals surface area (Å²) in [5.41, 5.74) is 2.15. The van der Waals surface area contributed by atoms with Crippen LogP contribution in [0.25, 0.3) is 10.9 Å². The van der Waals surface area contributed by atoms with E-state index in [9.17, 15) is 0 Å². The molecular formula is C15H19BrN2O. The van der Waals surface area contributed by atoms with Crippen LogP contribution in [0.5, 0.6) is 5.75 Å². The van der Waals surface area contributed by atoms with Crippen LogP contribution in [0.15, 0.2) is 22.7 Å². The van der Waals surface area contributed by atoms with E-state index in [4.69, 9.17) is 9.72 Å². The van der Waals surface area contributed by atoms with Gasteiger partial charge in [0.05, 0.1) is 7.11 Å². The predicted molar refractivity (Wildman–Crippen MR) is 84.2 cm³/mol. The molecule has 2 aromatic rings. The van der Waals surface area contributed by atoms with Crippen molar-refractivity contribution in [3.05, 3.63) is 28.2 Å². The maximum absolute atomic E-state index is 5.40. The van der Waals surface area contributed by atoms with Crippen molar-refractivity contribution in [2.45, 2.75) is 26.7 Å². The molecule has 1 aromatic carbocycles. The average Bonchev–Trinajstić information content (AvgIpc) is 2.41. The summed E-state index contributed by atoms with van der Waals surface area (Å²) in [6.45, 7) is 5.13. The molecule has 0 radical (unpaired) electrons. The van der Waals surface area contributed by atoms with Crippen LogP contribution in [-0.4, -0.2) is 18.6 Å². The highest BCUT2D eigenvalue weighted by atomic mass is 79.9. The number of hydrogen-bond acceptors (Lipinski definition) is 3. The minimum absolute atomic E-state index is 0.806. The number of nitrogens with zero attached hydrogens (tertiary/aromatic N) is 1. The standard InChI is InChI=1S/C15H19BrN2O/c1-4-6-10-9-11-12(16)7-8-13(19-3)14(11)18-15(10)17-5-2/h7-9H,4-6H2,1-3H3,(H,17,18). The second kappa shape index (κ2) is 6.24. The lowest BCUT2D eigenvalue weighted by Crippen LogP contribution is -2.04. The molecule has 0 atom stereocenters. The number of nitrogens with one attached hydrogen (secondary N) is 1. The van der Waals surface area contributed by atoms with Crippen molar-refractivity contribution < 1.29 is 4.74 Å². The normalized spacial score (nSPS) is 10.7. The molecule has 3 nitrogen and oxygen atoms in total. The zero-order valence-corrected chi connectivity index (χ0v) is 13.2. The van der Waals surface area contributed by atoms with E-state index in [1.807, 2.05) is 12.1 Å². The third-order valence-electron chi connectivity index (χ3n) is 3.06. The number of methoxy groups -OCH3 is 1. The summed E-state index contributed by atoms with van der Waals surface area (Å²) in [4.78, 5) is 4.75. The fourth-order valence-electron chi connectivity index (χ4n) is 2.19. The Bertz CT molecular complexity index is 584. The van der Waals surface area contributed by atoms with Crippen molar-refractivity contribution in [2.24, 2.45) is 0 Å². The number of benzene rings is 1. The van der Waals surface area contributed by atoms with Crippen LogP contribution in [-0.2, 0) is 6.42 Å². The number of hydrogen-bond donors (Lipinski definition) is 1. The molecule has 4 heteroatoms. The van der Waals surface area contributed by atoms with Gasteiger partial charge in [0.2, 0.25) is 0 Å². The minimum atomic E-state index is 0.806. The van der Waals surface area contributed by atoms with Gasteiger partial charge in [0, 0.05) is 16.4 Å². The summed E-state index contributed by atoms with van der Waals surface area (Å²) in [5, 5.41) is 4.44. The number of ether oxygens (including phenoxy) is 1. The first-order valence-electron chi connectivity index (χ1n) is 6.61. The van der Waals surface area contributed by atoms with Crippen molar-refractivity contribution in [3.8, 4) is 5.75 Å². The SMILES string of the molecule is CCCc1cc2c(Br)ccc(OC)c2nc1NCC. The number of pyridine rings is 1. The summed E-state index contributed by atoms with van der Waals surface area (Å²) in [7, 11) is 1.68. The van der Waals surface area contributed by atoms with Gasteiger partial charge in [-0.05, 0) is 37.1 Å². The van der Waals surface area contributed by atoms with Crippen molar-refractivity contribution >= 4 is 32.7 Å². The summed E-state index contributed by atoms with van der Waals surface area (Å²) in [6.07, 6.45) is 2.13. The molecule has 0 bridgehead atoms. The highest BCUT2D eigenvalue weighted by Crippen LogP contribution is 2.33. The molecule has 1 heterocycles. The molecule has 0 spiro atoms. The topological polar surface area (TPSA) is 34.1 Å². The molecule has 19 heavy (non-hydrogen) atoms. The average molecular weight is 323 g/mol. The van der Waals surface area contributed by atoms with Gasteiger partial charge >= 0.3 is 0 Å². The molecule has 0 aliphatic rings. The quantitative estimate of drug-likeness (QED) is 0.886. The second-order valence-electron chi connectivity index (χ2n) is 4.42. The summed E-state index contributed by atoms with van der Waals surface area (Å²) >= 11 is 3.59. The summed E-state index contributed by atoms with van der Waals surface area (Å²) in [5.74, 6) is 1.77. The highest BCUT2D eigenvalue weighted by molar-refractivity contribution is 9.10. The van der Waals surface area contributed by atoms with Gasteiger partial charge in [-0.1, -0.05) is 29.3 Å². The molecule has 2 rings (SSSR count). The zero-order chi connectivity index (χ0) is 13.8. The van der Waals surface area contributed by atoms with E-state index < -0.39 is 0 Å². The van der Waals surface area contributed by atoms with Gasteiger partial charge in [-0.15, -0.1) is 0 Å². The maximum atomic E-state index is 5.40. The van der Waals surface area contributed by atoms with E-state index >= 15 is 0 Å². The largest absolute Gasteiger partial charge is 0.494 e. The number of halogens is 1. The van der Waals surface area contributed by atoms with E-state index in [0.29, 0.717) is 0 Å². The summed E-state index contributed by atoms with van der Waals surface area (Å²) in [6, 6.07) is 6.15. The molecule has 0 aliphatic heterocycles. The predicted octanol–water partition coefficient (Wildman–Crippen LogP) is 4.39. The number of anilines is 1. The Morgan fingerprint density at radius 2 is 2.11 bits per heavy atom. The molecule has 0 saturated heterocycles. The number of rotatable bonds is 5. The van der Waals surface area contributed by atoms with Crippen molar-refractivity contribution in [1.29, 1.82) is 0 Å². The third-order valence-corrected chi connectivity index (χ3v) is 3.75. The second-order valence-corrected chi connectivity index (χ2v) is 5.28. The van der Waals surface area contributed by atoms with Crippen LogP contribution in [0.1, 0.15) is 25.8 Å².